The second-order valence-electron chi connectivity index (χ2n) is 6.69. The van der Waals surface area contributed by atoms with E-state index in [1.807, 2.05) is 55.5 Å². The van der Waals surface area contributed by atoms with Crippen LogP contribution >= 0.6 is 0 Å². The third-order valence-electron chi connectivity index (χ3n) is 4.70. The van der Waals surface area contributed by atoms with Gasteiger partial charge in [0.25, 0.3) is 5.91 Å². The van der Waals surface area contributed by atoms with Gasteiger partial charge in [0.05, 0.1) is 12.8 Å². The summed E-state index contributed by atoms with van der Waals surface area (Å²) in [6.45, 7) is 1.98. The number of hydrogen-bond donors (Lipinski definition) is 0. The molecular weight excluding hydrogens is 367 g/mol. The van der Waals surface area contributed by atoms with Crippen molar-refractivity contribution in [2.75, 3.05) is 12.0 Å². The molecule has 0 aliphatic carbocycles. The minimum atomic E-state index is -0.400. The van der Waals surface area contributed by atoms with Gasteiger partial charge in [-0.05, 0) is 55.5 Å². The van der Waals surface area contributed by atoms with Crippen molar-refractivity contribution in [1.82, 2.24) is 0 Å². The number of carbonyl (C=O) groups excluding carboxylic acids is 1. The van der Waals surface area contributed by atoms with Gasteiger partial charge in [0.1, 0.15) is 23.1 Å². The first-order valence-corrected chi connectivity index (χ1v) is 9.17. The van der Waals surface area contributed by atoms with Crippen molar-refractivity contribution in [3.8, 4) is 5.75 Å². The van der Waals surface area contributed by atoms with Crippen LogP contribution in [0.1, 0.15) is 16.7 Å². The van der Waals surface area contributed by atoms with E-state index in [-0.39, 0.29) is 11.6 Å². The van der Waals surface area contributed by atoms with Gasteiger partial charge in [0.2, 0.25) is 0 Å². The van der Waals surface area contributed by atoms with E-state index in [2.05, 4.69) is 4.99 Å². The third-order valence-corrected chi connectivity index (χ3v) is 4.70. The highest BCUT2D eigenvalue weighted by molar-refractivity contribution is 6.33. The Labute approximate surface area is 168 Å². The summed E-state index contributed by atoms with van der Waals surface area (Å²) in [5.74, 6) is 0.498. The lowest BCUT2D eigenvalue weighted by molar-refractivity contribution is -0.113. The van der Waals surface area contributed by atoms with Crippen LogP contribution in [0.3, 0.4) is 0 Å². The summed E-state index contributed by atoms with van der Waals surface area (Å²) in [6, 6.07) is 21.2. The lowest BCUT2D eigenvalue weighted by atomic mass is 10.1. The van der Waals surface area contributed by atoms with E-state index in [1.165, 1.54) is 12.1 Å². The average Bonchev–Trinajstić information content (AvgIpc) is 3.06. The molecule has 4 nitrogen and oxygen atoms in total. The van der Waals surface area contributed by atoms with Crippen molar-refractivity contribution >= 4 is 23.5 Å². The number of aryl methyl sites for hydroxylation is 1. The zero-order chi connectivity index (χ0) is 20.4. The summed E-state index contributed by atoms with van der Waals surface area (Å²) in [4.78, 5) is 19.3. The van der Waals surface area contributed by atoms with E-state index in [1.54, 1.807) is 30.2 Å². The van der Waals surface area contributed by atoms with E-state index in [4.69, 9.17) is 4.74 Å². The first-order valence-electron chi connectivity index (χ1n) is 9.17. The Kier molecular flexibility index (Phi) is 4.96. The van der Waals surface area contributed by atoms with E-state index < -0.39 is 5.82 Å². The zero-order valence-corrected chi connectivity index (χ0v) is 16.1. The number of halogens is 1. The topological polar surface area (TPSA) is 41.9 Å². The molecule has 29 heavy (non-hydrogen) atoms. The van der Waals surface area contributed by atoms with Gasteiger partial charge in [0, 0.05) is 11.1 Å². The van der Waals surface area contributed by atoms with Crippen molar-refractivity contribution in [3.05, 3.63) is 101 Å². The summed E-state index contributed by atoms with van der Waals surface area (Å²) in [5.41, 5.74) is 3.05. The molecule has 0 saturated carbocycles. The number of benzene rings is 3. The summed E-state index contributed by atoms with van der Waals surface area (Å²) in [7, 11) is 1.60. The molecule has 0 radical (unpaired) electrons. The standard InChI is InChI=1S/C24H19FN2O2/c1-16-7-11-19(12-8-16)27-23(17-9-13-20(29-2)14-10-17)26-22(24(27)28)15-18-5-3-4-6-21(18)25/h3-15H,1-2H3/b22-15+. The smallest absolute Gasteiger partial charge is 0.282 e. The van der Waals surface area contributed by atoms with Crippen molar-refractivity contribution < 1.29 is 13.9 Å². The molecule has 3 aromatic rings. The molecule has 0 spiro atoms. The van der Waals surface area contributed by atoms with Gasteiger partial charge >= 0.3 is 0 Å². The van der Waals surface area contributed by atoms with Crippen LogP contribution in [0.4, 0.5) is 10.1 Å². The van der Waals surface area contributed by atoms with Crippen molar-refractivity contribution in [3.63, 3.8) is 0 Å². The lowest BCUT2D eigenvalue weighted by Gasteiger charge is -2.19. The predicted molar refractivity (Wildman–Crippen MR) is 113 cm³/mol. The quantitative estimate of drug-likeness (QED) is 0.594. The minimum Gasteiger partial charge on any atom is -0.497 e. The number of nitrogens with zero attached hydrogens (tertiary/aromatic N) is 2. The van der Waals surface area contributed by atoms with Crippen LogP contribution in [-0.2, 0) is 4.79 Å². The maximum Gasteiger partial charge on any atom is 0.282 e. The number of methoxy groups -OCH3 is 1. The Bertz CT molecular complexity index is 1120. The van der Waals surface area contributed by atoms with Crippen molar-refractivity contribution in [1.29, 1.82) is 0 Å². The van der Waals surface area contributed by atoms with Crippen LogP contribution in [0.5, 0.6) is 5.75 Å². The van der Waals surface area contributed by atoms with Crippen LogP contribution in [0.2, 0.25) is 0 Å². The molecule has 1 aliphatic heterocycles. The number of anilines is 1. The summed E-state index contributed by atoms with van der Waals surface area (Å²) in [6.07, 6.45) is 1.48. The highest BCUT2D eigenvalue weighted by atomic mass is 19.1. The highest BCUT2D eigenvalue weighted by Gasteiger charge is 2.32. The fourth-order valence-corrected chi connectivity index (χ4v) is 3.12. The van der Waals surface area contributed by atoms with Gasteiger partial charge in [-0.2, -0.15) is 0 Å². The van der Waals surface area contributed by atoms with E-state index in [9.17, 15) is 9.18 Å². The van der Waals surface area contributed by atoms with Gasteiger partial charge < -0.3 is 4.74 Å². The largest absolute Gasteiger partial charge is 0.497 e. The minimum absolute atomic E-state index is 0.182. The summed E-state index contributed by atoms with van der Waals surface area (Å²) < 4.78 is 19.3. The van der Waals surface area contributed by atoms with Crippen LogP contribution in [0.25, 0.3) is 6.08 Å². The SMILES string of the molecule is COc1ccc(C2=N/C(=C/c3ccccc3F)C(=O)N2c2ccc(C)cc2)cc1. The normalized spacial score (nSPS) is 15.0. The third kappa shape index (κ3) is 3.67. The van der Waals surface area contributed by atoms with Gasteiger partial charge in [-0.3, -0.25) is 9.69 Å². The number of aliphatic imine (C=N–C) groups is 1. The molecule has 4 rings (SSSR count). The van der Waals surface area contributed by atoms with Gasteiger partial charge in [-0.1, -0.05) is 35.9 Å². The average molecular weight is 386 g/mol. The van der Waals surface area contributed by atoms with Crippen LogP contribution in [0, 0.1) is 12.7 Å². The van der Waals surface area contributed by atoms with E-state index in [0.717, 1.165) is 11.1 Å². The zero-order valence-electron chi connectivity index (χ0n) is 16.1. The number of ether oxygens (including phenoxy) is 1. The second-order valence-corrected chi connectivity index (χ2v) is 6.69. The fourth-order valence-electron chi connectivity index (χ4n) is 3.12. The van der Waals surface area contributed by atoms with E-state index in [0.29, 0.717) is 22.8 Å². The molecule has 0 bridgehead atoms. The predicted octanol–water partition coefficient (Wildman–Crippen LogP) is 4.98. The van der Waals surface area contributed by atoms with E-state index >= 15 is 0 Å². The van der Waals surface area contributed by atoms with Gasteiger partial charge in [0.15, 0.2) is 0 Å². The molecule has 0 fully saturated rings. The Balaban J connectivity index is 1.82. The molecule has 0 aromatic heterocycles. The maximum atomic E-state index is 14.1. The molecular formula is C24H19FN2O2. The molecule has 144 valence electrons. The van der Waals surface area contributed by atoms with Crippen molar-refractivity contribution in [2.45, 2.75) is 6.92 Å². The molecule has 1 heterocycles. The maximum absolute atomic E-state index is 14.1. The molecule has 5 heteroatoms. The number of hydrogen-bond acceptors (Lipinski definition) is 3. The number of amidine groups is 1. The fraction of sp³-hybridized carbons (Fsp3) is 0.0833. The van der Waals surface area contributed by atoms with Gasteiger partial charge in [-0.15, -0.1) is 0 Å². The molecule has 3 aromatic carbocycles. The van der Waals surface area contributed by atoms with Crippen molar-refractivity contribution in [2.24, 2.45) is 4.99 Å². The number of rotatable bonds is 4. The number of amides is 1. The Hall–Kier alpha value is -3.73. The Morgan fingerprint density at radius 1 is 0.966 bits per heavy atom. The molecule has 0 saturated heterocycles. The molecule has 1 aliphatic rings. The molecule has 0 atom stereocenters. The first-order chi connectivity index (χ1) is 14.1. The van der Waals surface area contributed by atoms with Crippen LogP contribution in [-0.4, -0.2) is 18.9 Å². The Morgan fingerprint density at radius 2 is 1.66 bits per heavy atom. The van der Waals surface area contributed by atoms with Crippen LogP contribution in [0.15, 0.2) is 83.5 Å². The summed E-state index contributed by atoms with van der Waals surface area (Å²) in [5, 5.41) is 0. The molecule has 1 amide bonds. The summed E-state index contributed by atoms with van der Waals surface area (Å²) >= 11 is 0. The second kappa shape index (κ2) is 7.72. The number of carbonyl (C=O) groups is 1. The Morgan fingerprint density at radius 3 is 2.31 bits per heavy atom. The highest BCUT2D eigenvalue weighted by Crippen LogP contribution is 2.29. The van der Waals surface area contributed by atoms with Gasteiger partial charge in [-0.25, -0.2) is 9.38 Å². The first kappa shape index (κ1) is 18.6. The molecule has 0 unspecified atom stereocenters. The molecule has 0 N–H and O–H groups in total. The monoisotopic (exact) mass is 386 g/mol. The lowest BCUT2D eigenvalue weighted by Crippen LogP contribution is -2.32. The van der Waals surface area contributed by atoms with Crippen LogP contribution < -0.4 is 9.64 Å².